The molecule has 2 aliphatic heterocycles. The second kappa shape index (κ2) is 5.89. The standard InChI is InChI=1S/C17H21N3OS/c1-13-12-22-17-15(14-6-5-9-20(14)16(13)17)18-21-11-10-19-7-3-2-4-8-19/h5-6,9,12H,2-4,7-8,10-11H2,1H3. The van der Waals surface area contributed by atoms with Crippen molar-refractivity contribution in [1.82, 2.24) is 9.47 Å². The Bertz CT molecular complexity index is 695. The van der Waals surface area contributed by atoms with Gasteiger partial charge in [-0.15, -0.1) is 11.3 Å². The van der Waals surface area contributed by atoms with Crippen molar-refractivity contribution in [2.24, 2.45) is 5.16 Å². The molecule has 0 bridgehead atoms. The largest absolute Gasteiger partial charge is 0.394 e. The molecule has 0 atom stereocenters. The van der Waals surface area contributed by atoms with Crippen LogP contribution in [0.1, 0.15) is 35.4 Å². The molecule has 0 unspecified atom stereocenters. The van der Waals surface area contributed by atoms with E-state index in [9.17, 15) is 0 Å². The topological polar surface area (TPSA) is 29.8 Å². The molecular weight excluding hydrogens is 294 g/mol. The normalized spacial score (nSPS) is 19.4. The molecule has 0 N–H and O–H groups in total. The van der Waals surface area contributed by atoms with E-state index in [0.29, 0.717) is 6.61 Å². The van der Waals surface area contributed by atoms with Crippen molar-refractivity contribution in [1.29, 1.82) is 0 Å². The maximum Gasteiger partial charge on any atom is 0.146 e. The van der Waals surface area contributed by atoms with Crippen LogP contribution in [0.2, 0.25) is 0 Å². The summed E-state index contributed by atoms with van der Waals surface area (Å²) in [5, 5.41) is 6.65. The molecule has 22 heavy (non-hydrogen) atoms. The number of rotatable bonds is 4. The number of fused-ring (bicyclic) bond motifs is 3. The van der Waals surface area contributed by atoms with Crippen LogP contribution in [0, 0.1) is 6.92 Å². The SMILES string of the molecule is Cc1csc2c1-n1cccc1C2=NOCCN1CCCCC1. The Morgan fingerprint density at radius 1 is 1.27 bits per heavy atom. The van der Waals surface area contributed by atoms with E-state index >= 15 is 0 Å². The highest BCUT2D eigenvalue weighted by molar-refractivity contribution is 7.13. The van der Waals surface area contributed by atoms with Gasteiger partial charge in [-0.25, -0.2) is 0 Å². The van der Waals surface area contributed by atoms with Gasteiger partial charge in [-0.2, -0.15) is 0 Å². The van der Waals surface area contributed by atoms with Gasteiger partial charge in [0.05, 0.1) is 16.3 Å². The first-order valence-corrected chi connectivity index (χ1v) is 8.91. The monoisotopic (exact) mass is 315 g/mol. The highest BCUT2D eigenvalue weighted by Crippen LogP contribution is 2.35. The van der Waals surface area contributed by atoms with Crippen molar-refractivity contribution in [3.8, 4) is 5.69 Å². The second-order valence-corrected chi connectivity index (χ2v) is 6.91. The Morgan fingerprint density at radius 2 is 2.14 bits per heavy atom. The van der Waals surface area contributed by atoms with Crippen LogP contribution in [0.15, 0.2) is 28.9 Å². The lowest BCUT2D eigenvalue weighted by atomic mass is 10.1. The molecule has 0 spiro atoms. The van der Waals surface area contributed by atoms with Crippen LogP contribution >= 0.6 is 11.3 Å². The molecule has 0 saturated carbocycles. The zero-order valence-corrected chi connectivity index (χ0v) is 13.7. The van der Waals surface area contributed by atoms with Gasteiger partial charge in [0.1, 0.15) is 12.3 Å². The maximum absolute atomic E-state index is 5.65. The molecule has 4 nitrogen and oxygen atoms in total. The Morgan fingerprint density at radius 3 is 3.00 bits per heavy atom. The fourth-order valence-corrected chi connectivity index (χ4v) is 4.37. The molecule has 0 amide bonds. The Kier molecular flexibility index (Phi) is 3.76. The van der Waals surface area contributed by atoms with Crippen molar-refractivity contribution in [2.45, 2.75) is 26.2 Å². The summed E-state index contributed by atoms with van der Waals surface area (Å²) in [7, 11) is 0. The summed E-state index contributed by atoms with van der Waals surface area (Å²) in [6, 6.07) is 4.18. The third kappa shape index (κ3) is 2.38. The van der Waals surface area contributed by atoms with E-state index < -0.39 is 0 Å². The van der Waals surface area contributed by atoms with Gasteiger partial charge in [-0.3, -0.25) is 4.90 Å². The van der Waals surface area contributed by atoms with Gasteiger partial charge in [0.2, 0.25) is 0 Å². The Labute approximate surface area is 135 Å². The first-order valence-electron chi connectivity index (χ1n) is 8.03. The van der Waals surface area contributed by atoms with E-state index in [0.717, 1.165) is 18.0 Å². The predicted octanol–water partition coefficient (Wildman–Crippen LogP) is 3.42. The van der Waals surface area contributed by atoms with E-state index in [1.807, 2.05) is 0 Å². The van der Waals surface area contributed by atoms with Crippen molar-refractivity contribution in [3.63, 3.8) is 0 Å². The van der Waals surface area contributed by atoms with Crippen LogP contribution in [0.5, 0.6) is 0 Å². The molecule has 0 aromatic carbocycles. The van der Waals surface area contributed by atoms with Gasteiger partial charge in [0.15, 0.2) is 0 Å². The molecule has 2 aromatic heterocycles. The smallest absolute Gasteiger partial charge is 0.146 e. The highest BCUT2D eigenvalue weighted by Gasteiger charge is 2.28. The molecule has 4 heterocycles. The maximum atomic E-state index is 5.65. The Hall–Kier alpha value is -1.59. The first kappa shape index (κ1) is 14.0. The van der Waals surface area contributed by atoms with Crippen LogP contribution in [-0.4, -0.2) is 41.4 Å². The summed E-state index contributed by atoms with van der Waals surface area (Å²) in [6.45, 7) is 6.21. The molecule has 2 aliphatic rings. The van der Waals surface area contributed by atoms with Crippen molar-refractivity contribution < 1.29 is 4.84 Å². The van der Waals surface area contributed by atoms with Gasteiger partial charge < -0.3 is 9.40 Å². The lowest BCUT2D eigenvalue weighted by Crippen LogP contribution is -2.32. The van der Waals surface area contributed by atoms with Crippen LogP contribution in [0.3, 0.4) is 0 Å². The fourth-order valence-electron chi connectivity index (χ4n) is 3.34. The van der Waals surface area contributed by atoms with Crippen LogP contribution in [0.4, 0.5) is 0 Å². The fraction of sp³-hybridized carbons (Fsp3) is 0.471. The number of likely N-dealkylation sites (tertiary alicyclic amines) is 1. The summed E-state index contributed by atoms with van der Waals surface area (Å²) < 4.78 is 2.22. The molecule has 1 fully saturated rings. The van der Waals surface area contributed by atoms with Crippen molar-refractivity contribution >= 4 is 17.0 Å². The van der Waals surface area contributed by atoms with E-state index in [4.69, 9.17) is 4.84 Å². The zero-order chi connectivity index (χ0) is 14.9. The zero-order valence-electron chi connectivity index (χ0n) is 12.9. The average Bonchev–Trinajstić information content (AvgIpc) is 3.20. The molecule has 116 valence electrons. The Balaban J connectivity index is 1.46. The van der Waals surface area contributed by atoms with Gasteiger partial charge in [-0.05, 0) is 55.9 Å². The molecular formula is C17H21N3OS. The number of hydrogen-bond donors (Lipinski definition) is 0. The number of aromatic nitrogens is 1. The van der Waals surface area contributed by atoms with Crippen LogP contribution < -0.4 is 0 Å². The highest BCUT2D eigenvalue weighted by atomic mass is 32.1. The molecule has 4 rings (SSSR count). The number of nitrogens with zero attached hydrogens (tertiary/aromatic N) is 3. The number of hydrogen-bond acceptors (Lipinski definition) is 4. The van der Waals surface area contributed by atoms with Crippen molar-refractivity contribution in [2.75, 3.05) is 26.2 Å². The summed E-state index contributed by atoms with van der Waals surface area (Å²) >= 11 is 1.75. The van der Waals surface area contributed by atoms with E-state index in [1.54, 1.807) is 11.3 Å². The van der Waals surface area contributed by atoms with Gasteiger partial charge in [-0.1, -0.05) is 11.6 Å². The van der Waals surface area contributed by atoms with E-state index in [1.165, 1.54) is 48.5 Å². The third-order valence-corrected chi connectivity index (χ3v) is 5.59. The minimum absolute atomic E-state index is 0.671. The quantitative estimate of drug-likeness (QED) is 0.545. The van der Waals surface area contributed by atoms with E-state index in [2.05, 4.69) is 45.3 Å². The molecule has 5 heteroatoms. The second-order valence-electron chi connectivity index (χ2n) is 6.04. The minimum Gasteiger partial charge on any atom is -0.394 e. The van der Waals surface area contributed by atoms with Crippen LogP contribution in [-0.2, 0) is 4.84 Å². The lowest BCUT2D eigenvalue weighted by molar-refractivity contribution is 0.103. The summed E-state index contributed by atoms with van der Waals surface area (Å²) in [6.07, 6.45) is 6.11. The number of aryl methyl sites for hydroxylation is 1. The lowest BCUT2D eigenvalue weighted by Gasteiger charge is -2.25. The summed E-state index contributed by atoms with van der Waals surface area (Å²) in [4.78, 5) is 9.35. The van der Waals surface area contributed by atoms with Gasteiger partial charge >= 0.3 is 0 Å². The first-order chi connectivity index (χ1) is 10.8. The summed E-state index contributed by atoms with van der Waals surface area (Å²) in [5.41, 5.74) is 4.69. The number of oxime groups is 1. The van der Waals surface area contributed by atoms with E-state index in [-0.39, 0.29) is 0 Å². The third-order valence-electron chi connectivity index (χ3n) is 4.49. The summed E-state index contributed by atoms with van der Waals surface area (Å²) in [5.74, 6) is 0. The molecule has 0 radical (unpaired) electrons. The minimum atomic E-state index is 0.671. The van der Waals surface area contributed by atoms with Gasteiger partial charge in [0.25, 0.3) is 0 Å². The average molecular weight is 315 g/mol. The number of piperidine rings is 1. The molecule has 1 saturated heterocycles. The van der Waals surface area contributed by atoms with Gasteiger partial charge in [0, 0.05) is 12.7 Å². The molecule has 0 aliphatic carbocycles. The predicted molar refractivity (Wildman–Crippen MR) is 90.3 cm³/mol. The van der Waals surface area contributed by atoms with Crippen LogP contribution in [0.25, 0.3) is 5.69 Å². The molecule has 2 aromatic rings. The number of thiophene rings is 1. The van der Waals surface area contributed by atoms with Crippen molar-refractivity contribution in [3.05, 3.63) is 39.8 Å².